The Morgan fingerprint density at radius 1 is 1.55 bits per heavy atom. The Labute approximate surface area is 115 Å². The molecule has 0 aliphatic carbocycles. The highest BCUT2D eigenvalue weighted by Crippen LogP contribution is 2.24. The molecule has 7 heteroatoms. The second-order valence-corrected chi connectivity index (χ2v) is 4.38. The monoisotopic (exact) mass is 271 g/mol. The second-order valence-electron chi connectivity index (χ2n) is 4.38. The fourth-order valence-electron chi connectivity index (χ4n) is 1.86. The molecular formula is C13H13N5O2. The van der Waals surface area contributed by atoms with Crippen LogP contribution in [0.25, 0.3) is 0 Å². The Bertz CT molecular complexity index is 686. The summed E-state index contributed by atoms with van der Waals surface area (Å²) in [6, 6.07) is 6.35. The van der Waals surface area contributed by atoms with Gasteiger partial charge in [0, 0.05) is 38.2 Å². The molecule has 0 amide bonds. The van der Waals surface area contributed by atoms with E-state index < -0.39 is 4.92 Å². The Kier molecular flexibility index (Phi) is 3.66. The molecule has 1 aromatic heterocycles. The number of aryl methyl sites for hydroxylation is 1. The lowest BCUT2D eigenvalue weighted by atomic mass is 10.1. The predicted octanol–water partition coefficient (Wildman–Crippen LogP) is 1.84. The number of aromatic nitrogens is 2. The molecule has 102 valence electrons. The van der Waals surface area contributed by atoms with Crippen LogP contribution in [0.1, 0.15) is 11.4 Å². The third-order valence-corrected chi connectivity index (χ3v) is 3.04. The maximum absolute atomic E-state index is 10.8. The van der Waals surface area contributed by atoms with Crippen molar-refractivity contribution in [3.8, 4) is 6.07 Å². The normalized spacial score (nSPS) is 10.1. The molecule has 20 heavy (non-hydrogen) atoms. The van der Waals surface area contributed by atoms with Crippen LogP contribution in [0.5, 0.6) is 0 Å². The van der Waals surface area contributed by atoms with E-state index in [1.54, 1.807) is 12.3 Å². The van der Waals surface area contributed by atoms with Crippen LogP contribution in [0.2, 0.25) is 0 Å². The van der Waals surface area contributed by atoms with Crippen molar-refractivity contribution in [2.45, 2.75) is 6.54 Å². The lowest BCUT2D eigenvalue weighted by molar-refractivity contribution is -0.385. The largest absolute Gasteiger partial charge is 0.367 e. The number of hydrogen-bond donors (Lipinski definition) is 0. The number of nitriles is 1. The predicted molar refractivity (Wildman–Crippen MR) is 73.1 cm³/mol. The maximum Gasteiger partial charge on any atom is 0.287 e. The van der Waals surface area contributed by atoms with Crippen molar-refractivity contribution >= 4 is 11.4 Å². The third-order valence-electron chi connectivity index (χ3n) is 3.04. The van der Waals surface area contributed by atoms with Crippen LogP contribution in [-0.4, -0.2) is 21.5 Å². The molecule has 2 aromatic rings. The van der Waals surface area contributed by atoms with E-state index in [1.807, 2.05) is 35.8 Å². The molecule has 1 heterocycles. The summed E-state index contributed by atoms with van der Waals surface area (Å²) in [6.07, 6.45) is 3.55. The van der Waals surface area contributed by atoms with Crippen LogP contribution >= 0.6 is 0 Å². The molecule has 0 fully saturated rings. The summed E-state index contributed by atoms with van der Waals surface area (Å²) < 4.78 is 1.90. The Morgan fingerprint density at radius 2 is 2.30 bits per heavy atom. The summed E-state index contributed by atoms with van der Waals surface area (Å²) in [5.41, 5.74) is 0.607. The lowest BCUT2D eigenvalue weighted by Crippen LogP contribution is -2.19. The average Bonchev–Trinajstić information content (AvgIpc) is 2.83. The van der Waals surface area contributed by atoms with Gasteiger partial charge in [-0.25, -0.2) is 4.98 Å². The molecule has 7 nitrogen and oxygen atoms in total. The second kappa shape index (κ2) is 5.40. The van der Waals surface area contributed by atoms with Gasteiger partial charge in [0.05, 0.1) is 11.5 Å². The summed E-state index contributed by atoms with van der Waals surface area (Å²) in [4.78, 5) is 16.3. The standard InChI is InChI=1S/C13H13N5O2/c1-16-6-5-15-13(16)9-17(2)11-3-4-12(18(19)20)10(7-11)8-14/h3-7H,9H2,1-2H3. The first kappa shape index (κ1) is 13.5. The minimum Gasteiger partial charge on any atom is -0.367 e. The summed E-state index contributed by atoms with van der Waals surface area (Å²) in [5, 5.41) is 19.8. The van der Waals surface area contributed by atoms with E-state index in [4.69, 9.17) is 5.26 Å². The Morgan fingerprint density at radius 3 is 2.85 bits per heavy atom. The van der Waals surface area contributed by atoms with Gasteiger partial charge in [-0.1, -0.05) is 0 Å². The molecule has 0 unspecified atom stereocenters. The topological polar surface area (TPSA) is 88.0 Å². The van der Waals surface area contributed by atoms with E-state index in [9.17, 15) is 10.1 Å². The van der Waals surface area contributed by atoms with Gasteiger partial charge in [-0.2, -0.15) is 5.26 Å². The van der Waals surface area contributed by atoms with Crippen molar-refractivity contribution in [3.05, 3.63) is 52.1 Å². The zero-order valence-electron chi connectivity index (χ0n) is 11.1. The van der Waals surface area contributed by atoms with Crippen LogP contribution in [0.4, 0.5) is 11.4 Å². The summed E-state index contributed by atoms with van der Waals surface area (Å²) in [6.45, 7) is 0.548. The van der Waals surface area contributed by atoms with Crippen molar-refractivity contribution < 1.29 is 4.92 Å². The van der Waals surface area contributed by atoms with E-state index in [0.717, 1.165) is 11.5 Å². The summed E-state index contributed by atoms with van der Waals surface area (Å²) in [5.74, 6) is 0.865. The molecule has 0 atom stereocenters. The van der Waals surface area contributed by atoms with E-state index >= 15 is 0 Å². The highest BCUT2D eigenvalue weighted by atomic mass is 16.6. The smallest absolute Gasteiger partial charge is 0.287 e. The number of rotatable bonds is 4. The van der Waals surface area contributed by atoms with Crippen molar-refractivity contribution in [2.24, 2.45) is 7.05 Å². The van der Waals surface area contributed by atoms with Gasteiger partial charge in [0.15, 0.2) is 0 Å². The Balaban J connectivity index is 2.27. The molecule has 2 rings (SSSR count). The molecule has 0 saturated carbocycles. The summed E-state index contributed by atoms with van der Waals surface area (Å²) >= 11 is 0. The first-order valence-electron chi connectivity index (χ1n) is 5.89. The van der Waals surface area contributed by atoms with E-state index in [-0.39, 0.29) is 11.3 Å². The van der Waals surface area contributed by atoms with Gasteiger partial charge in [0.25, 0.3) is 5.69 Å². The third kappa shape index (κ3) is 2.59. The van der Waals surface area contributed by atoms with Gasteiger partial charge in [-0.3, -0.25) is 10.1 Å². The number of nitro benzene ring substituents is 1. The van der Waals surface area contributed by atoms with Crippen LogP contribution in [0, 0.1) is 21.4 Å². The van der Waals surface area contributed by atoms with Crippen molar-refractivity contribution in [1.82, 2.24) is 9.55 Å². The van der Waals surface area contributed by atoms with E-state index in [2.05, 4.69) is 4.98 Å². The fraction of sp³-hybridized carbons (Fsp3) is 0.231. The highest BCUT2D eigenvalue weighted by molar-refractivity contribution is 5.59. The molecule has 0 aliphatic rings. The zero-order valence-corrected chi connectivity index (χ0v) is 11.1. The van der Waals surface area contributed by atoms with Gasteiger partial charge < -0.3 is 9.47 Å². The van der Waals surface area contributed by atoms with Gasteiger partial charge in [0.2, 0.25) is 0 Å². The molecule has 0 spiro atoms. The Hall–Kier alpha value is -2.88. The number of benzene rings is 1. The first-order chi connectivity index (χ1) is 9.52. The number of nitro groups is 1. The quantitative estimate of drug-likeness (QED) is 0.625. The van der Waals surface area contributed by atoms with Crippen LogP contribution in [0.3, 0.4) is 0 Å². The maximum atomic E-state index is 10.8. The van der Waals surface area contributed by atoms with Gasteiger partial charge in [0.1, 0.15) is 17.5 Å². The van der Waals surface area contributed by atoms with Crippen LogP contribution in [-0.2, 0) is 13.6 Å². The number of anilines is 1. The van der Waals surface area contributed by atoms with E-state index in [1.165, 1.54) is 12.1 Å². The van der Waals surface area contributed by atoms with Crippen molar-refractivity contribution in [3.63, 3.8) is 0 Å². The van der Waals surface area contributed by atoms with Crippen molar-refractivity contribution in [1.29, 1.82) is 5.26 Å². The molecule has 0 N–H and O–H groups in total. The molecule has 0 bridgehead atoms. The van der Waals surface area contributed by atoms with Gasteiger partial charge in [-0.15, -0.1) is 0 Å². The minimum absolute atomic E-state index is 0.0548. The van der Waals surface area contributed by atoms with Gasteiger partial charge in [-0.05, 0) is 12.1 Å². The first-order valence-corrected chi connectivity index (χ1v) is 5.89. The van der Waals surface area contributed by atoms with E-state index in [0.29, 0.717) is 6.54 Å². The molecule has 0 saturated heterocycles. The zero-order chi connectivity index (χ0) is 14.7. The SMILES string of the molecule is CN(Cc1nccn1C)c1ccc([N+](=O)[O-])c(C#N)c1. The van der Waals surface area contributed by atoms with Crippen molar-refractivity contribution in [2.75, 3.05) is 11.9 Å². The fourth-order valence-corrected chi connectivity index (χ4v) is 1.86. The molecule has 1 aromatic carbocycles. The highest BCUT2D eigenvalue weighted by Gasteiger charge is 2.15. The molecule has 0 aliphatic heterocycles. The van der Waals surface area contributed by atoms with Crippen LogP contribution in [0.15, 0.2) is 30.6 Å². The lowest BCUT2D eigenvalue weighted by Gasteiger charge is -2.19. The molecular weight excluding hydrogens is 258 g/mol. The number of hydrogen-bond acceptors (Lipinski definition) is 5. The van der Waals surface area contributed by atoms with Crippen LogP contribution < -0.4 is 4.90 Å². The number of nitrogens with zero attached hydrogens (tertiary/aromatic N) is 5. The average molecular weight is 271 g/mol. The minimum atomic E-state index is -0.554. The van der Waals surface area contributed by atoms with Gasteiger partial charge >= 0.3 is 0 Å². The molecule has 0 radical (unpaired) electrons. The number of imidazole rings is 1. The summed E-state index contributed by atoms with van der Waals surface area (Å²) in [7, 11) is 3.74.